The molecule has 3 nitrogen and oxygen atoms in total. The molecule has 1 fully saturated rings. The number of methoxy groups -OCH3 is 1. The number of hydrogen-bond acceptors (Lipinski definition) is 3. The molecule has 0 atom stereocenters. The standard InChI is InChI=1S/C14H27NO2/c1-13(2)15(9-10-17-3)11-14(12-16)7-5-4-6-8-14/h12-13H,4-11H2,1-3H3. The van der Waals surface area contributed by atoms with Gasteiger partial charge in [0.05, 0.1) is 6.61 Å². The molecule has 0 bridgehead atoms. The van der Waals surface area contributed by atoms with Crippen molar-refractivity contribution in [3.05, 3.63) is 0 Å². The first kappa shape index (κ1) is 14.7. The molecule has 100 valence electrons. The Morgan fingerprint density at radius 3 is 2.41 bits per heavy atom. The zero-order chi connectivity index (χ0) is 12.7. The van der Waals surface area contributed by atoms with Crippen LogP contribution in [0.2, 0.25) is 0 Å². The van der Waals surface area contributed by atoms with Gasteiger partial charge in [0.2, 0.25) is 0 Å². The van der Waals surface area contributed by atoms with Gasteiger partial charge < -0.3 is 9.53 Å². The number of carbonyl (C=O) groups excluding carboxylic acids is 1. The van der Waals surface area contributed by atoms with E-state index in [9.17, 15) is 4.79 Å². The van der Waals surface area contributed by atoms with E-state index in [0.29, 0.717) is 6.04 Å². The van der Waals surface area contributed by atoms with Crippen molar-refractivity contribution in [3.8, 4) is 0 Å². The lowest BCUT2D eigenvalue weighted by Crippen LogP contribution is -2.44. The summed E-state index contributed by atoms with van der Waals surface area (Å²) in [5, 5.41) is 0. The Kier molecular flexibility index (Phi) is 6.14. The highest BCUT2D eigenvalue weighted by atomic mass is 16.5. The fourth-order valence-electron chi connectivity index (χ4n) is 2.70. The Hall–Kier alpha value is -0.410. The predicted molar refractivity (Wildman–Crippen MR) is 70.2 cm³/mol. The Morgan fingerprint density at radius 1 is 1.29 bits per heavy atom. The Labute approximate surface area is 106 Å². The third-order valence-electron chi connectivity index (χ3n) is 3.93. The lowest BCUT2D eigenvalue weighted by Gasteiger charge is -2.38. The fraction of sp³-hybridized carbons (Fsp3) is 0.929. The molecule has 1 aliphatic rings. The lowest BCUT2D eigenvalue weighted by molar-refractivity contribution is -0.119. The smallest absolute Gasteiger partial charge is 0.127 e. The van der Waals surface area contributed by atoms with E-state index < -0.39 is 0 Å². The van der Waals surface area contributed by atoms with Crippen LogP contribution < -0.4 is 0 Å². The van der Waals surface area contributed by atoms with E-state index in [1.54, 1.807) is 7.11 Å². The summed E-state index contributed by atoms with van der Waals surface area (Å²) in [5.74, 6) is 0. The van der Waals surface area contributed by atoms with Gasteiger partial charge in [0, 0.05) is 31.7 Å². The molecule has 1 rings (SSSR count). The van der Waals surface area contributed by atoms with Crippen molar-refractivity contribution in [2.45, 2.75) is 52.0 Å². The van der Waals surface area contributed by atoms with Crippen molar-refractivity contribution < 1.29 is 9.53 Å². The molecule has 0 amide bonds. The van der Waals surface area contributed by atoms with Gasteiger partial charge >= 0.3 is 0 Å². The SMILES string of the molecule is COCCN(CC1(C=O)CCCCC1)C(C)C. The topological polar surface area (TPSA) is 29.5 Å². The summed E-state index contributed by atoms with van der Waals surface area (Å²) in [6, 6.07) is 0.476. The molecule has 0 spiro atoms. The predicted octanol–water partition coefficient (Wildman–Crippen LogP) is 2.49. The average Bonchev–Trinajstić information content (AvgIpc) is 2.35. The first-order valence-corrected chi connectivity index (χ1v) is 6.83. The van der Waals surface area contributed by atoms with Gasteiger partial charge in [-0.15, -0.1) is 0 Å². The second-order valence-electron chi connectivity index (χ2n) is 5.60. The highest BCUT2D eigenvalue weighted by Gasteiger charge is 2.34. The second-order valence-corrected chi connectivity index (χ2v) is 5.60. The van der Waals surface area contributed by atoms with Gasteiger partial charge in [0.15, 0.2) is 0 Å². The highest BCUT2D eigenvalue weighted by Crippen LogP contribution is 2.35. The van der Waals surface area contributed by atoms with E-state index in [0.717, 1.165) is 32.5 Å². The summed E-state index contributed by atoms with van der Waals surface area (Å²) in [6.45, 7) is 6.95. The summed E-state index contributed by atoms with van der Waals surface area (Å²) in [6.07, 6.45) is 7.03. The number of aldehydes is 1. The molecule has 0 aromatic rings. The van der Waals surface area contributed by atoms with E-state index >= 15 is 0 Å². The summed E-state index contributed by atoms with van der Waals surface area (Å²) in [4.78, 5) is 13.8. The summed E-state index contributed by atoms with van der Waals surface area (Å²) >= 11 is 0. The molecular formula is C14H27NO2. The molecule has 0 N–H and O–H groups in total. The third-order valence-corrected chi connectivity index (χ3v) is 3.93. The average molecular weight is 241 g/mol. The third kappa shape index (κ3) is 4.40. The van der Waals surface area contributed by atoms with Crippen LogP contribution >= 0.6 is 0 Å². The Morgan fingerprint density at radius 2 is 1.94 bits per heavy atom. The zero-order valence-corrected chi connectivity index (χ0v) is 11.6. The summed E-state index contributed by atoms with van der Waals surface area (Å²) in [5.41, 5.74) is -0.0870. The van der Waals surface area contributed by atoms with Crippen LogP contribution in [0.4, 0.5) is 0 Å². The van der Waals surface area contributed by atoms with Gasteiger partial charge in [0.1, 0.15) is 6.29 Å². The van der Waals surface area contributed by atoms with E-state index in [4.69, 9.17) is 4.74 Å². The van der Waals surface area contributed by atoms with E-state index in [1.165, 1.54) is 25.5 Å². The van der Waals surface area contributed by atoms with Crippen molar-refractivity contribution in [2.75, 3.05) is 26.8 Å². The molecule has 17 heavy (non-hydrogen) atoms. The van der Waals surface area contributed by atoms with Crippen LogP contribution in [-0.2, 0) is 9.53 Å². The molecule has 0 unspecified atom stereocenters. The number of rotatable bonds is 7. The molecule has 0 radical (unpaired) electrons. The van der Waals surface area contributed by atoms with Crippen LogP contribution in [0, 0.1) is 5.41 Å². The van der Waals surface area contributed by atoms with Crippen LogP contribution in [0.1, 0.15) is 46.0 Å². The van der Waals surface area contributed by atoms with Crippen molar-refractivity contribution in [2.24, 2.45) is 5.41 Å². The van der Waals surface area contributed by atoms with Crippen molar-refractivity contribution >= 4 is 6.29 Å². The van der Waals surface area contributed by atoms with Gasteiger partial charge in [0.25, 0.3) is 0 Å². The highest BCUT2D eigenvalue weighted by molar-refractivity contribution is 5.60. The van der Waals surface area contributed by atoms with Gasteiger partial charge in [-0.25, -0.2) is 0 Å². The molecule has 3 heteroatoms. The molecule has 1 aliphatic carbocycles. The quantitative estimate of drug-likeness (QED) is 0.641. The fourth-order valence-corrected chi connectivity index (χ4v) is 2.70. The first-order valence-electron chi connectivity index (χ1n) is 6.83. The lowest BCUT2D eigenvalue weighted by atomic mass is 9.74. The summed E-state index contributed by atoms with van der Waals surface area (Å²) in [7, 11) is 1.73. The monoisotopic (exact) mass is 241 g/mol. The zero-order valence-electron chi connectivity index (χ0n) is 11.6. The maximum absolute atomic E-state index is 11.5. The van der Waals surface area contributed by atoms with Crippen LogP contribution in [0.5, 0.6) is 0 Å². The van der Waals surface area contributed by atoms with Gasteiger partial charge in [-0.1, -0.05) is 19.3 Å². The number of hydrogen-bond donors (Lipinski definition) is 0. The first-order chi connectivity index (χ1) is 8.13. The molecule has 0 heterocycles. The van der Waals surface area contributed by atoms with Crippen LogP contribution in [-0.4, -0.2) is 44.0 Å². The van der Waals surface area contributed by atoms with E-state index in [1.807, 2.05) is 0 Å². The second kappa shape index (κ2) is 7.12. The van der Waals surface area contributed by atoms with Crippen LogP contribution in [0.25, 0.3) is 0 Å². The normalized spacial score (nSPS) is 19.8. The van der Waals surface area contributed by atoms with Crippen molar-refractivity contribution in [1.82, 2.24) is 4.90 Å². The summed E-state index contributed by atoms with van der Waals surface area (Å²) < 4.78 is 5.15. The van der Waals surface area contributed by atoms with E-state index in [2.05, 4.69) is 18.7 Å². The molecule has 0 aromatic heterocycles. The van der Waals surface area contributed by atoms with Gasteiger partial charge in [-0.05, 0) is 26.7 Å². The maximum atomic E-state index is 11.5. The van der Waals surface area contributed by atoms with E-state index in [-0.39, 0.29) is 5.41 Å². The number of ether oxygens (including phenoxy) is 1. The van der Waals surface area contributed by atoms with Crippen LogP contribution in [0.3, 0.4) is 0 Å². The molecular weight excluding hydrogens is 214 g/mol. The van der Waals surface area contributed by atoms with Gasteiger partial charge in [-0.3, -0.25) is 4.90 Å². The molecule has 1 saturated carbocycles. The maximum Gasteiger partial charge on any atom is 0.127 e. The Balaban J connectivity index is 2.58. The Bertz CT molecular complexity index is 222. The minimum Gasteiger partial charge on any atom is -0.383 e. The number of nitrogens with zero attached hydrogens (tertiary/aromatic N) is 1. The largest absolute Gasteiger partial charge is 0.383 e. The van der Waals surface area contributed by atoms with Crippen molar-refractivity contribution in [1.29, 1.82) is 0 Å². The number of carbonyl (C=O) groups is 1. The van der Waals surface area contributed by atoms with Gasteiger partial charge in [-0.2, -0.15) is 0 Å². The molecule has 0 aliphatic heterocycles. The molecule has 0 aromatic carbocycles. The minimum absolute atomic E-state index is 0.0870. The molecule has 0 saturated heterocycles. The van der Waals surface area contributed by atoms with Crippen LogP contribution in [0.15, 0.2) is 0 Å². The van der Waals surface area contributed by atoms with Crippen molar-refractivity contribution in [3.63, 3.8) is 0 Å². The minimum atomic E-state index is -0.0870.